The Hall–Kier alpha value is -2.18. The van der Waals surface area contributed by atoms with Gasteiger partial charge < -0.3 is 14.8 Å². The molecule has 7 nitrogen and oxygen atoms in total. The topological polar surface area (TPSA) is 86.4 Å². The number of rotatable bonds is 3. The van der Waals surface area contributed by atoms with Crippen LogP contribution in [-0.4, -0.2) is 57.3 Å². The number of hydrogen-bond donors (Lipinski definition) is 1. The minimum atomic E-state index is -0.354. The fourth-order valence-corrected chi connectivity index (χ4v) is 4.01. The van der Waals surface area contributed by atoms with E-state index in [1.165, 1.54) is 0 Å². The molecule has 2 aliphatic heterocycles. The molecule has 2 bridgehead atoms. The smallest absolute Gasteiger partial charge is 0.344 e. The highest BCUT2D eigenvalue weighted by Gasteiger charge is 2.41. The number of fused-ring (bicyclic) bond motifs is 2. The van der Waals surface area contributed by atoms with Crippen LogP contribution in [0, 0.1) is 13.8 Å². The second-order valence-electron chi connectivity index (χ2n) is 6.90. The van der Waals surface area contributed by atoms with Crippen LogP contribution in [0.3, 0.4) is 0 Å². The van der Waals surface area contributed by atoms with Gasteiger partial charge in [0.2, 0.25) is 11.8 Å². The van der Waals surface area contributed by atoms with E-state index in [4.69, 9.17) is 0 Å². The average Bonchev–Trinajstić information content (AvgIpc) is 2.82. The van der Waals surface area contributed by atoms with Crippen molar-refractivity contribution >= 4 is 11.8 Å². The van der Waals surface area contributed by atoms with E-state index in [1.807, 2.05) is 18.9 Å². The van der Waals surface area contributed by atoms with Crippen LogP contribution in [0.1, 0.15) is 42.6 Å². The lowest BCUT2D eigenvalue weighted by Crippen LogP contribution is -2.42. The number of aromatic nitrogens is 2. The molecule has 2 fully saturated rings. The zero-order valence-corrected chi connectivity index (χ0v) is 14.5. The number of amides is 2. The van der Waals surface area contributed by atoms with Gasteiger partial charge in [-0.2, -0.15) is 4.98 Å². The fourth-order valence-electron chi connectivity index (χ4n) is 4.01. The van der Waals surface area contributed by atoms with Crippen molar-refractivity contribution in [3.8, 4) is 0 Å². The van der Waals surface area contributed by atoms with Gasteiger partial charge in [0.05, 0.1) is 0 Å². The van der Waals surface area contributed by atoms with Crippen LogP contribution in [-0.2, 0) is 16.0 Å². The lowest BCUT2D eigenvalue weighted by Gasteiger charge is -2.28. The molecular formula is C17H24N4O3. The van der Waals surface area contributed by atoms with Gasteiger partial charge in [0, 0.05) is 49.9 Å². The van der Waals surface area contributed by atoms with Crippen molar-refractivity contribution in [3.63, 3.8) is 0 Å². The second kappa shape index (κ2) is 6.37. The van der Waals surface area contributed by atoms with Crippen molar-refractivity contribution < 1.29 is 9.59 Å². The molecule has 7 heteroatoms. The van der Waals surface area contributed by atoms with E-state index in [1.54, 1.807) is 11.8 Å². The number of carbonyl (C=O) groups is 2. The molecule has 0 aliphatic carbocycles. The summed E-state index contributed by atoms with van der Waals surface area (Å²) in [4.78, 5) is 46.5. The third-order valence-corrected chi connectivity index (χ3v) is 5.27. The zero-order valence-electron chi connectivity index (χ0n) is 14.5. The van der Waals surface area contributed by atoms with Crippen LogP contribution >= 0.6 is 0 Å². The van der Waals surface area contributed by atoms with Gasteiger partial charge in [0.1, 0.15) is 0 Å². The maximum absolute atomic E-state index is 12.8. The highest BCUT2D eigenvalue weighted by Crippen LogP contribution is 2.31. The minimum absolute atomic E-state index is 0.0378. The highest BCUT2D eigenvalue weighted by molar-refractivity contribution is 5.82. The Bertz CT molecular complexity index is 701. The van der Waals surface area contributed by atoms with Crippen LogP contribution in [0.5, 0.6) is 0 Å². The number of nitrogens with one attached hydrogen (secondary N) is 1. The van der Waals surface area contributed by atoms with E-state index in [0.29, 0.717) is 31.5 Å². The highest BCUT2D eigenvalue weighted by atomic mass is 16.2. The normalized spacial score (nSPS) is 23.5. The number of carbonyl (C=O) groups excluding carboxylic acids is 2. The molecule has 0 saturated carbocycles. The number of likely N-dealkylation sites (tertiary alicyclic amines) is 1. The Balaban J connectivity index is 1.72. The molecule has 0 aromatic carbocycles. The lowest BCUT2D eigenvalue weighted by atomic mass is 10.1. The van der Waals surface area contributed by atoms with Gasteiger partial charge in [0.25, 0.3) is 0 Å². The molecule has 1 aromatic heterocycles. The van der Waals surface area contributed by atoms with Gasteiger partial charge in [-0.1, -0.05) is 0 Å². The molecule has 1 N–H and O–H groups in total. The Morgan fingerprint density at radius 1 is 1.25 bits per heavy atom. The van der Waals surface area contributed by atoms with E-state index in [9.17, 15) is 14.4 Å². The van der Waals surface area contributed by atoms with Gasteiger partial charge in [-0.25, -0.2) is 4.79 Å². The Morgan fingerprint density at radius 3 is 2.67 bits per heavy atom. The molecular weight excluding hydrogens is 308 g/mol. The first kappa shape index (κ1) is 16.7. The lowest BCUT2D eigenvalue weighted by molar-refractivity contribution is -0.133. The Morgan fingerprint density at radius 2 is 1.96 bits per heavy atom. The second-order valence-corrected chi connectivity index (χ2v) is 6.90. The summed E-state index contributed by atoms with van der Waals surface area (Å²) in [6, 6.07) is 0.172. The van der Waals surface area contributed by atoms with E-state index in [0.717, 1.165) is 24.1 Å². The van der Waals surface area contributed by atoms with Crippen LogP contribution < -0.4 is 5.69 Å². The van der Waals surface area contributed by atoms with Gasteiger partial charge in [0.15, 0.2) is 0 Å². The maximum atomic E-state index is 12.8. The first-order valence-electron chi connectivity index (χ1n) is 8.48. The molecule has 2 saturated heterocycles. The van der Waals surface area contributed by atoms with Crippen molar-refractivity contribution in [2.75, 3.05) is 13.6 Å². The first-order valence-corrected chi connectivity index (χ1v) is 8.48. The van der Waals surface area contributed by atoms with Crippen molar-refractivity contribution in [2.24, 2.45) is 0 Å². The monoisotopic (exact) mass is 332 g/mol. The molecule has 0 unspecified atom stereocenters. The summed E-state index contributed by atoms with van der Waals surface area (Å²) in [5, 5.41) is 0. The quantitative estimate of drug-likeness (QED) is 0.875. The summed E-state index contributed by atoms with van der Waals surface area (Å²) >= 11 is 0. The SMILES string of the molecule is Cc1nc(=O)[nH]c(C)c1CCC(=O)N1[C@@H]2CC[C@H]1CN(C)C(=O)C2. The number of aromatic amines is 1. The molecule has 0 spiro atoms. The van der Waals surface area contributed by atoms with E-state index >= 15 is 0 Å². The predicted molar refractivity (Wildman–Crippen MR) is 88.6 cm³/mol. The van der Waals surface area contributed by atoms with Crippen LogP contribution in [0.25, 0.3) is 0 Å². The molecule has 2 amide bonds. The standard InChI is InChI=1S/C17H24N4O3/c1-10-14(11(2)19-17(24)18-10)6-7-15(22)21-12-4-5-13(21)9-20(3)16(23)8-12/h12-13H,4-9H2,1-3H3,(H,18,19,24)/t12-,13+/m1/s1. The van der Waals surface area contributed by atoms with Gasteiger partial charge in [-0.3, -0.25) is 9.59 Å². The number of aryl methyl sites for hydroxylation is 2. The molecule has 2 atom stereocenters. The van der Waals surface area contributed by atoms with E-state index < -0.39 is 0 Å². The molecule has 1 aromatic rings. The van der Waals surface area contributed by atoms with Crippen LogP contribution in [0.2, 0.25) is 0 Å². The summed E-state index contributed by atoms with van der Waals surface area (Å²) in [6.07, 6.45) is 3.23. The van der Waals surface area contributed by atoms with Gasteiger partial charge >= 0.3 is 5.69 Å². The summed E-state index contributed by atoms with van der Waals surface area (Å²) in [5.41, 5.74) is 2.03. The Kier molecular flexibility index (Phi) is 4.43. The molecule has 0 radical (unpaired) electrons. The fraction of sp³-hybridized carbons (Fsp3) is 0.647. The van der Waals surface area contributed by atoms with Crippen molar-refractivity contribution in [1.82, 2.24) is 19.8 Å². The number of nitrogens with zero attached hydrogens (tertiary/aromatic N) is 3. The summed E-state index contributed by atoms with van der Waals surface area (Å²) in [6.45, 7) is 4.25. The minimum Gasteiger partial charge on any atom is -0.344 e. The summed E-state index contributed by atoms with van der Waals surface area (Å²) < 4.78 is 0. The molecule has 24 heavy (non-hydrogen) atoms. The molecule has 2 aliphatic rings. The van der Waals surface area contributed by atoms with Gasteiger partial charge in [-0.05, 0) is 38.7 Å². The molecule has 3 rings (SSSR count). The Labute approximate surface area is 141 Å². The average molecular weight is 332 g/mol. The number of H-pyrrole nitrogens is 1. The first-order chi connectivity index (χ1) is 11.4. The largest absolute Gasteiger partial charge is 0.345 e. The summed E-state index contributed by atoms with van der Waals surface area (Å²) in [7, 11) is 1.81. The van der Waals surface area contributed by atoms with Gasteiger partial charge in [-0.15, -0.1) is 0 Å². The number of likely N-dealkylation sites (N-methyl/N-ethyl adjacent to an activating group) is 1. The molecule has 3 heterocycles. The summed E-state index contributed by atoms with van der Waals surface area (Å²) in [5.74, 6) is 0.215. The van der Waals surface area contributed by atoms with E-state index in [2.05, 4.69) is 9.97 Å². The molecule has 130 valence electrons. The third kappa shape index (κ3) is 3.07. The van der Waals surface area contributed by atoms with Crippen LogP contribution in [0.15, 0.2) is 4.79 Å². The zero-order chi connectivity index (χ0) is 17.4. The van der Waals surface area contributed by atoms with Crippen LogP contribution in [0.4, 0.5) is 0 Å². The number of hydrogen-bond acceptors (Lipinski definition) is 4. The predicted octanol–water partition coefficient (Wildman–Crippen LogP) is 0.541. The maximum Gasteiger partial charge on any atom is 0.345 e. The van der Waals surface area contributed by atoms with Crippen molar-refractivity contribution in [2.45, 2.75) is 58.0 Å². The van der Waals surface area contributed by atoms with Crippen molar-refractivity contribution in [1.29, 1.82) is 0 Å². The van der Waals surface area contributed by atoms with Crippen molar-refractivity contribution in [3.05, 3.63) is 27.4 Å². The van der Waals surface area contributed by atoms with E-state index in [-0.39, 0.29) is 29.6 Å². The third-order valence-electron chi connectivity index (χ3n) is 5.27.